The molecule has 0 bridgehead atoms. The summed E-state index contributed by atoms with van der Waals surface area (Å²) in [5, 5.41) is 6.18. The van der Waals surface area contributed by atoms with Crippen LogP contribution >= 0.6 is 0 Å². The third-order valence-electron chi connectivity index (χ3n) is 3.89. The van der Waals surface area contributed by atoms with Crippen LogP contribution in [0.4, 0.5) is 17.1 Å². The number of amides is 1. The summed E-state index contributed by atoms with van der Waals surface area (Å²) in [6, 6.07) is 25.2. The first-order valence-electron chi connectivity index (χ1n) is 8.56. The highest BCUT2D eigenvalue weighted by molar-refractivity contribution is 5.94. The van der Waals surface area contributed by atoms with Crippen LogP contribution in [0.5, 0.6) is 5.75 Å². The summed E-state index contributed by atoms with van der Waals surface area (Å²) in [5.41, 5.74) is 3.80. The summed E-state index contributed by atoms with van der Waals surface area (Å²) in [7, 11) is 0. The number of carbonyl (C=O) groups excluding carboxylic acids is 1. The highest BCUT2D eigenvalue weighted by Crippen LogP contribution is 2.19. The Labute approximate surface area is 153 Å². The number of anilines is 3. The number of carbonyl (C=O) groups is 1. The first kappa shape index (κ1) is 17.5. The van der Waals surface area contributed by atoms with Crippen molar-refractivity contribution in [2.75, 3.05) is 10.6 Å². The Bertz CT molecular complexity index is 861. The summed E-state index contributed by atoms with van der Waals surface area (Å²) in [6.45, 7) is 3.73. The lowest BCUT2D eigenvalue weighted by Crippen LogP contribution is -2.30. The first-order valence-corrected chi connectivity index (χ1v) is 8.56. The number of nitrogens with one attached hydrogen (secondary N) is 2. The van der Waals surface area contributed by atoms with E-state index in [1.54, 1.807) is 6.92 Å². The summed E-state index contributed by atoms with van der Waals surface area (Å²) in [5.74, 6) is 0.505. The van der Waals surface area contributed by atoms with Gasteiger partial charge in [0.05, 0.1) is 0 Å². The highest BCUT2D eigenvalue weighted by Gasteiger charge is 2.14. The molecule has 3 aromatic rings. The van der Waals surface area contributed by atoms with Gasteiger partial charge in [-0.3, -0.25) is 4.79 Å². The molecule has 1 amide bonds. The second-order valence-electron chi connectivity index (χ2n) is 6.13. The Morgan fingerprint density at radius 3 is 2.19 bits per heavy atom. The van der Waals surface area contributed by atoms with Crippen molar-refractivity contribution in [3.05, 3.63) is 84.4 Å². The molecule has 4 nitrogen and oxygen atoms in total. The first-order chi connectivity index (χ1) is 12.6. The Balaban J connectivity index is 1.57. The minimum atomic E-state index is -0.584. The van der Waals surface area contributed by atoms with Crippen molar-refractivity contribution in [2.24, 2.45) is 0 Å². The summed E-state index contributed by atoms with van der Waals surface area (Å²) < 4.78 is 5.71. The molecule has 0 aliphatic carbocycles. The number of rotatable bonds is 6. The maximum atomic E-state index is 12.3. The minimum absolute atomic E-state index is 0.185. The summed E-state index contributed by atoms with van der Waals surface area (Å²) in [6.07, 6.45) is -0.584. The van der Waals surface area contributed by atoms with Crippen LogP contribution < -0.4 is 15.4 Å². The largest absolute Gasteiger partial charge is 0.481 e. The molecule has 0 saturated heterocycles. The van der Waals surface area contributed by atoms with Gasteiger partial charge in [0.1, 0.15) is 5.75 Å². The smallest absolute Gasteiger partial charge is 0.265 e. The van der Waals surface area contributed by atoms with Crippen molar-refractivity contribution < 1.29 is 9.53 Å². The van der Waals surface area contributed by atoms with E-state index in [0.717, 1.165) is 22.6 Å². The van der Waals surface area contributed by atoms with Gasteiger partial charge in [0.2, 0.25) is 0 Å². The summed E-state index contributed by atoms with van der Waals surface area (Å²) in [4.78, 5) is 12.3. The molecule has 4 heteroatoms. The fraction of sp³-hybridized carbons (Fsp3) is 0.136. The van der Waals surface area contributed by atoms with E-state index in [1.807, 2.05) is 85.8 Å². The molecule has 2 N–H and O–H groups in total. The van der Waals surface area contributed by atoms with Gasteiger partial charge < -0.3 is 15.4 Å². The zero-order valence-electron chi connectivity index (χ0n) is 14.9. The van der Waals surface area contributed by atoms with E-state index >= 15 is 0 Å². The van der Waals surface area contributed by atoms with Gasteiger partial charge in [-0.2, -0.15) is 0 Å². The topological polar surface area (TPSA) is 50.4 Å². The third kappa shape index (κ3) is 4.86. The van der Waals surface area contributed by atoms with Crippen molar-refractivity contribution in [1.29, 1.82) is 0 Å². The van der Waals surface area contributed by atoms with E-state index in [1.165, 1.54) is 0 Å². The van der Waals surface area contributed by atoms with Gasteiger partial charge in [-0.25, -0.2) is 0 Å². The standard InChI is InChI=1S/C22H22N2O2/c1-16-7-6-10-21(15-16)26-17(2)22(25)24-20-13-11-19(12-14-20)23-18-8-4-3-5-9-18/h3-15,17,23H,1-2H3,(H,24,25)/t17-/m1/s1. The quantitative estimate of drug-likeness (QED) is 0.649. The molecule has 0 aromatic heterocycles. The molecule has 26 heavy (non-hydrogen) atoms. The second-order valence-corrected chi connectivity index (χ2v) is 6.13. The average molecular weight is 346 g/mol. The lowest BCUT2D eigenvalue weighted by Gasteiger charge is -2.15. The van der Waals surface area contributed by atoms with Crippen molar-refractivity contribution in [3.63, 3.8) is 0 Å². The predicted molar refractivity (Wildman–Crippen MR) is 106 cm³/mol. The van der Waals surface area contributed by atoms with E-state index in [4.69, 9.17) is 4.74 Å². The number of hydrogen-bond acceptors (Lipinski definition) is 3. The van der Waals surface area contributed by atoms with Crippen LogP contribution in [0.25, 0.3) is 0 Å². The molecule has 0 spiro atoms. The number of ether oxygens (including phenoxy) is 1. The van der Waals surface area contributed by atoms with E-state index in [2.05, 4.69) is 10.6 Å². The van der Waals surface area contributed by atoms with Gasteiger partial charge in [-0.1, -0.05) is 30.3 Å². The van der Waals surface area contributed by atoms with Gasteiger partial charge in [0.25, 0.3) is 5.91 Å². The van der Waals surface area contributed by atoms with Crippen LogP contribution in [-0.4, -0.2) is 12.0 Å². The van der Waals surface area contributed by atoms with Crippen molar-refractivity contribution in [3.8, 4) is 5.75 Å². The van der Waals surface area contributed by atoms with Gasteiger partial charge >= 0.3 is 0 Å². The van der Waals surface area contributed by atoms with E-state index < -0.39 is 6.10 Å². The second kappa shape index (κ2) is 8.21. The molecule has 1 atom stereocenters. The average Bonchev–Trinajstić information content (AvgIpc) is 2.64. The number of benzene rings is 3. The van der Waals surface area contributed by atoms with Crippen LogP contribution in [0.2, 0.25) is 0 Å². The molecule has 0 aliphatic heterocycles. The fourth-order valence-corrected chi connectivity index (χ4v) is 2.52. The molecular weight excluding hydrogens is 324 g/mol. The molecule has 0 heterocycles. The maximum Gasteiger partial charge on any atom is 0.265 e. The molecule has 3 aromatic carbocycles. The highest BCUT2D eigenvalue weighted by atomic mass is 16.5. The van der Waals surface area contributed by atoms with Crippen LogP contribution in [0, 0.1) is 6.92 Å². The van der Waals surface area contributed by atoms with Gasteiger partial charge in [-0.15, -0.1) is 0 Å². The molecule has 0 unspecified atom stereocenters. The minimum Gasteiger partial charge on any atom is -0.481 e. The molecule has 0 radical (unpaired) electrons. The third-order valence-corrected chi connectivity index (χ3v) is 3.89. The van der Waals surface area contributed by atoms with Crippen molar-refractivity contribution in [1.82, 2.24) is 0 Å². The maximum absolute atomic E-state index is 12.3. The van der Waals surface area contributed by atoms with Crippen molar-refractivity contribution >= 4 is 23.0 Å². The van der Waals surface area contributed by atoms with E-state index in [9.17, 15) is 4.79 Å². The van der Waals surface area contributed by atoms with Crippen LogP contribution in [0.3, 0.4) is 0 Å². The summed E-state index contributed by atoms with van der Waals surface area (Å²) >= 11 is 0. The lowest BCUT2D eigenvalue weighted by atomic mass is 10.2. The van der Waals surface area contributed by atoms with Gasteiger partial charge in [-0.05, 0) is 67.9 Å². The number of para-hydroxylation sites is 1. The Hall–Kier alpha value is -3.27. The molecule has 0 fully saturated rings. The number of aryl methyl sites for hydroxylation is 1. The fourth-order valence-electron chi connectivity index (χ4n) is 2.52. The monoisotopic (exact) mass is 346 g/mol. The normalized spacial score (nSPS) is 11.5. The zero-order chi connectivity index (χ0) is 18.4. The SMILES string of the molecule is Cc1cccc(O[C@H](C)C(=O)Nc2ccc(Nc3ccccc3)cc2)c1. The van der Waals surface area contributed by atoms with Gasteiger partial charge in [0.15, 0.2) is 6.10 Å². The molecule has 132 valence electrons. The Kier molecular flexibility index (Phi) is 5.54. The van der Waals surface area contributed by atoms with Crippen LogP contribution in [0.1, 0.15) is 12.5 Å². The zero-order valence-corrected chi connectivity index (χ0v) is 14.9. The Morgan fingerprint density at radius 1 is 0.846 bits per heavy atom. The molecular formula is C22H22N2O2. The Morgan fingerprint density at radius 2 is 1.50 bits per heavy atom. The van der Waals surface area contributed by atoms with Gasteiger partial charge in [0, 0.05) is 17.1 Å². The molecule has 0 saturated carbocycles. The van der Waals surface area contributed by atoms with Crippen LogP contribution in [0.15, 0.2) is 78.9 Å². The molecule has 3 rings (SSSR count). The van der Waals surface area contributed by atoms with Crippen LogP contribution in [-0.2, 0) is 4.79 Å². The lowest BCUT2D eigenvalue weighted by molar-refractivity contribution is -0.122. The van der Waals surface area contributed by atoms with E-state index in [0.29, 0.717) is 5.75 Å². The predicted octanol–water partition coefficient (Wildman–Crippen LogP) is 5.14. The number of hydrogen-bond donors (Lipinski definition) is 2. The molecule has 0 aliphatic rings. The van der Waals surface area contributed by atoms with Crippen molar-refractivity contribution in [2.45, 2.75) is 20.0 Å². The van der Waals surface area contributed by atoms with E-state index in [-0.39, 0.29) is 5.91 Å².